The highest BCUT2D eigenvalue weighted by Crippen LogP contribution is 2.34. The lowest BCUT2D eigenvalue weighted by molar-refractivity contribution is -0.128. The average Bonchev–Trinajstić information content (AvgIpc) is 3.33. The number of rotatable bonds is 8. The molecule has 0 aliphatic carbocycles. The Morgan fingerprint density at radius 2 is 1.70 bits per heavy atom. The summed E-state index contributed by atoms with van der Waals surface area (Å²) in [7, 11) is -3.21. The number of pyridine rings is 1. The number of benzene rings is 2. The molecule has 0 spiro atoms. The van der Waals surface area contributed by atoms with Crippen molar-refractivity contribution in [2.75, 3.05) is 43.9 Å². The number of nitrogens with zero attached hydrogens (tertiary/aromatic N) is 6. The Bertz CT molecular complexity index is 1770. The molecule has 230 valence electrons. The molecule has 0 unspecified atom stereocenters. The van der Waals surface area contributed by atoms with Crippen LogP contribution in [0.25, 0.3) is 22.2 Å². The molecule has 2 fully saturated rings. The first-order valence-corrected chi connectivity index (χ1v) is 16.9. The van der Waals surface area contributed by atoms with Crippen LogP contribution in [-0.2, 0) is 21.4 Å². The van der Waals surface area contributed by atoms with Gasteiger partial charge in [0.05, 0.1) is 23.2 Å². The molecule has 0 saturated carbocycles. The summed E-state index contributed by atoms with van der Waals surface area (Å²) in [4.78, 5) is 21.6. The van der Waals surface area contributed by atoms with Gasteiger partial charge in [-0.1, -0.05) is 20.8 Å². The SMILES string of the molecule is CC(C)c1ccc(-c2ccc(Oc3cc4nc(N5CCN(S(C)(=O)=O)CC5)ccc4cc3CN3C[C@@H](C)CC3=O)cc2)nn1. The number of carbonyl (C=O) groups is 1. The standard InChI is InChI=1S/C33H38N6O4S/c1-22(2)28-10-11-29(36-35-28)24-5-8-27(9-6-24)43-31-19-30-25(18-26(31)21-38-20-23(3)17-33(38)40)7-12-32(34-30)37-13-15-39(16-14-37)44(4,41)42/h5-12,18-19,22-23H,13-17,20-21H2,1-4H3/t23-/m0/s1. The fourth-order valence-corrected chi connectivity index (χ4v) is 6.61. The smallest absolute Gasteiger partial charge is 0.223 e. The van der Waals surface area contributed by atoms with E-state index in [4.69, 9.17) is 9.72 Å². The Hall–Kier alpha value is -4.09. The fourth-order valence-electron chi connectivity index (χ4n) is 5.79. The maximum absolute atomic E-state index is 12.7. The number of likely N-dealkylation sites (tertiary alicyclic amines) is 1. The molecule has 4 heterocycles. The van der Waals surface area contributed by atoms with Crippen molar-refractivity contribution in [1.82, 2.24) is 24.4 Å². The molecule has 1 amide bonds. The second-order valence-corrected chi connectivity index (χ2v) is 14.2. The zero-order chi connectivity index (χ0) is 31.0. The van der Waals surface area contributed by atoms with Gasteiger partial charge < -0.3 is 14.5 Å². The fraction of sp³-hybridized carbons (Fsp3) is 0.394. The van der Waals surface area contributed by atoms with Crippen LogP contribution < -0.4 is 9.64 Å². The van der Waals surface area contributed by atoms with E-state index in [-0.39, 0.29) is 5.91 Å². The van der Waals surface area contributed by atoms with Gasteiger partial charge in [0.1, 0.15) is 17.3 Å². The molecule has 10 nitrogen and oxygen atoms in total. The minimum Gasteiger partial charge on any atom is -0.457 e. The van der Waals surface area contributed by atoms with Crippen molar-refractivity contribution in [3.8, 4) is 22.8 Å². The first-order valence-electron chi connectivity index (χ1n) is 15.1. The number of hydrogen-bond donors (Lipinski definition) is 0. The van der Waals surface area contributed by atoms with Gasteiger partial charge in [-0.25, -0.2) is 13.4 Å². The minimum absolute atomic E-state index is 0.152. The lowest BCUT2D eigenvalue weighted by Crippen LogP contribution is -2.48. The summed E-state index contributed by atoms with van der Waals surface area (Å²) in [6.07, 6.45) is 1.81. The summed E-state index contributed by atoms with van der Waals surface area (Å²) in [6.45, 7) is 9.45. The molecule has 11 heteroatoms. The number of fused-ring (bicyclic) bond motifs is 1. The number of aromatic nitrogens is 3. The van der Waals surface area contributed by atoms with Gasteiger partial charge >= 0.3 is 0 Å². The van der Waals surface area contributed by atoms with Crippen LogP contribution >= 0.6 is 0 Å². The molecule has 2 aromatic heterocycles. The quantitative estimate of drug-likeness (QED) is 0.271. The topological polar surface area (TPSA) is 109 Å². The van der Waals surface area contributed by atoms with E-state index in [1.807, 2.05) is 59.5 Å². The highest BCUT2D eigenvalue weighted by atomic mass is 32.2. The summed E-state index contributed by atoms with van der Waals surface area (Å²) >= 11 is 0. The normalized spacial score (nSPS) is 18.0. The van der Waals surface area contributed by atoms with Gasteiger partial charge in [0.25, 0.3) is 0 Å². The highest BCUT2D eigenvalue weighted by molar-refractivity contribution is 7.88. The third-order valence-electron chi connectivity index (χ3n) is 8.31. The summed E-state index contributed by atoms with van der Waals surface area (Å²) in [5.41, 5.74) is 4.37. The van der Waals surface area contributed by atoms with Crippen molar-refractivity contribution in [2.24, 2.45) is 5.92 Å². The van der Waals surface area contributed by atoms with Crippen LogP contribution in [0.4, 0.5) is 5.82 Å². The van der Waals surface area contributed by atoms with Gasteiger partial charge in [-0.05, 0) is 66.4 Å². The zero-order valence-corrected chi connectivity index (χ0v) is 26.4. The predicted octanol–water partition coefficient (Wildman–Crippen LogP) is 5.06. The highest BCUT2D eigenvalue weighted by Gasteiger charge is 2.28. The number of sulfonamides is 1. The summed E-state index contributed by atoms with van der Waals surface area (Å²) in [5, 5.41) is 9.69. The first kappa shape index (κ1) is 30.0. The molecule has 0 N–H and O–H groups in total. The van der Waals surface area contributed by atoms with Gasteiger partial charge in [0.15, 0.2) is 0 Å². The Balaban J connectivity index is 1.28. The number of carbonyl (C=O) groups excluding carboxylic acids is 1. The second kappa shape index (κ2) is 12.1. The monoisotopic (exact) mass is 614 g/mol. The molecular formula is C33H38N6O4S. The predicted molar refractivity (Wildman–Crippen MR) is 171 cm³/mol. The number of anilines is 1. The third-order valence-corrected chi connectivity index (χ3v) is 9.62. The number of ether oxygens (including phenoxy) is 1. The average molecular weight is 615 g/mol. The minimum atomic E-state index is -3.21. The maximum Gasteiger partial charge on any atom is 0.223 e. The van der Waals surface area contributed by atoms with Crippen LogP contribution in [0.15, 0.2) is 60.7 Å². The van der Waals surface area contributed by atoms with Crippen molar-refractivity contribution in [2.45, 2.75) is 39.7 Å². The molecule has 2 saturated heterocycles. The maximum atomic E-state index is 12.7. The Kier molecular flexibility index (Phi) is 8.26. The lowest BCUT2D eigenvalue weighted by atomic mass is 10.1. The van der Waals surface area contributed by atoms with Crippen LogP contribution in [0.2, 0.25) is 0 Å². The van der Waals surface area contributed by atoms with Crippen molar-refractivity contribution in [3.05, 3.63) is 71.9 Å². The Morgan fingerprint density at radius 3 is 2.32 bits per heavy atom. The summed E-state index contributed by atoms with van der Waals surface area (Å²) < 4.78 is 31.9. The second-order valence-electron chi connectivity index (χ2n) is 12.2. The molecule has 1 atom stereocenters. The molecule has 4 aromatic rings. The van der Waals surface area contributed by atoms with Crippen molar-refractivity contribution in [1.29, 1.82) is 0 Å². The molecule has 2 aliphatic rings. The van der Waals surface area contributed by atoms with E-state index in [1.165, 1.54) is 10.6 Å². The van der Waals surface area contributed by atoms with Gasteiger partial charge in [0, 0.05) is 68.3 Å². The van der Waals surface area contributed by atoms with Gasteiger partial charge in [-0.15, -0.1) is 0 Å². The van der Waals surface area contributed by atoms with E-state index in [0.717, 1.165) is 45.8 Å². The number of hydrogen-bond acceptors (Lipinski definition) is 8. The van der Waals surface area contributed by atoms with Crippen LogP contribution in [-0.4, -0.2) is 77.7 Å². The molecular weight excluding hydrogens is 576 g/mol. The summed E-state index contributed by atoms with van der Waals surface area (Å²) in [5.74, 6) is 2.89. The van der Waals surface area contributed by atoms with Gasteiger partial charge in [0.2, 0.25) is 15.9 Å². The number of piperazine rings is 1. The van der Waals surface area contributed by atoms with Crippen molar-refractivity contribution >= 4 is 32.7 Å². The summed E-state index contributed by atoms with van der Waals surface area (Å²) in [6, 6.07) is 19.7. The van der Waals surface area contributed by atoms with Crippen LogP contribution in [0.1, 0.15) is 44.4 Å². The van der Waals surface area contributed by atoms with E-state index in [9.17, 15) is 13.2 Å². The molecule has 0 radical (unpaired) electrons. The lowest BCUT2D eigenvalue weighted by Gasteiger charge is -2.34. The van der Waals surface area contributed by atoms with Gasteiger partial charge in [-0.2, -0.15) is 14.5 Å². The van der Waals surface area contributed by atoms with Crippen molar-refractivity contribution < 1.29 is 17.9 Å². The van der Waals surface area contributed by atoms with E-state index in [0.29, 0.717) is 62.5 Å². The van der Waals surface area contributed by atoms with E-state index >= 15 is 0 Å². The Morgan fingerprint density at radius 1 is 0.955 bits per heavy atom. The van der Waals surface area contributed by atoms with Crippen LogP contribution in [0.5, 0.6) is 11.5 Å². The molecule has 44 heavy (non-hydrogen) atoms. The molecule has 2 aliphatic heterocycles. The Labute approximate surface area is 258 Å². The van der Waals surface area contributed by atoms with Crippen molar-refractivity contribution in [3.63, 3.8) is 0 Å². The van der Waals surface area contributed by atoms with Crippen LogP contribution in [0.3, 0.4) is 0 Å². The molecule has 2 aromatic carbocycles. The van der Waals surface area contributed by atoms with E-state index in [2.05, 4.69) is 41.9 Å². The van der Waals surface area contributed by atoms with Gasteiger partial charge in [-0.3, -0.25) is 4.79 Å². The van der Waals surface area contributed by atoms with E-state index < -0.39 is 10.0 Å². The first-order chi connectivity index (χ1) is 21.0. The molecule has 6 rings (SSSR count). The van der Waals surface area contributed by atoms with E-state index in [1.54, 1.807) is 0 Å². The molecule has 0 bridgehead atoms. The van der Waals surface area contributed by atoms with Crippen LogP contribution in [0, 0.1) is 5.92 Å². The largest absolute Gasteiger partial charge is 0.457 e. The third kappa shape index (κ3) is 6.53. The number of amides is 1. The zero-order valence-electron chi connectivity index (χ0n) is 25.6.